The second kappa shape index (κ2) is 9.13. The van der Waals surface area contributed by atoms with Crippen LogP contribution in [0.2, 0.25) is 5.02 Å². The third-order valence-electron chi connectivity index (χ3n) is 5.04. The van der Waals surface area contributed by atoms with E-state index in [0.29, 0.717) is 19.0 Å². The van der Waals surface area contributed by atoms with Gasteiger partial charge in [0, 0.05) is 28.6 Å². The number of carbonyl (C=O) groups excluding carboxylic acids is 1. The standard InChI is InChI=1S/C22H23ClN2O3S/c1-2-15-14-17(22(29-15)24-21(26)19-8-5-11-28-19)20(25-9-12-27-13-10-25)16-6-3-4-7-18(16)23/h3-8,11,14,20H,2,9-10,12-13H2,1H3,(H,24,26)/t20-/m0/s1. The number of thiophene rings is 1. The second-order valence-corrected chi connectivity index (χ2v) is 8.40. The molecule has 1 saturated heterocycles. The fourth-order valence-electron chi connectivity index (χ4n) is 3.60. The van der Waals surface area contributed by atoms with Crippen LogP contribution in [-0.4, -0.2) is 37.1 Å². The number of anilines is 1. The van der Waals surface area contributed by atoms with Crippen molar-refractivity contribution in [1.82, 2.24) is 4.90 Å². The zero-order valence-electron chi connectivity index (χ0n) is 16.2. The monoisotopic (exact) mass is 430 g/mol. The zero-order valence-corrected chi connectivity index (χ0v) is 17.8. The average Bonchev–Trinajstić information content (AvgIpc) is 3.41. The highest BCUT2D eigenvalue weighted by molar-refractivity contribution is 7.16. The molecule has 1 aromatic carbocycles. The van der Waals surface area contributed by atoms with Crippen molar-refractivity contribution < 1.29 is 13.9 Å². The first-order valence-electron chi connectivity index (χ1n) is 9.71. The molecule has 152 valence electrons. The summed E-state index contributed by atoms with van der Waals surface area (Å²) in [6, 6.07) is 13.4. The predicted octanol–water partition coefficient (Wildman–Crippen LogP) is 5.23. The molecule has 1 amide bonds. The van der Waals surface area contributed by atoms with E-state index in [9.17, 15) is 4.79 Å². The van der Waals surface area contributed by atoms with Crippen molar-refractivity contribution >= 4 is 33.8 Å². The summed E-state index contributed by atoms with van der Waals surface area (Å²) in [5.74, 6) is 0.0451. The van der Waals surface area contributed by atoms with Gasteiger partial charge in [0.15, 0.2) is 5.76 Å². The molecular formula is C22H23ClN2O3S. The van der Waals surface area contributed by atoms with Gasteiger partial charge in [-0.05, 0) is 36.2 Å². The SMILES string of the molecule is CCc1cc([C@H](c2ccccc2Cl)N2CCOCC2)c(NC(=O)c2ccco2)s1. The summed E-state index contributed by atoms with van der Waals surface area (Å²) in [6.45, 7) is 5.09. The summed E-state index contributed by atoms with van der Waals surface area (Å²) >= 11 is 8.21. The number of amides is 1. The van der Waals surface area contributed by atoms with E-state index in [1.807, 2.05) is 18.2 Å². The van der Waals surface area contributed by atoms with E-state index in [0.717, 1.165) is 40.7 Å². The van der Waals surface area contributed by atoms with Crippen LogP contribution in [0.15, 0.2) is 53.1 Å². The maximum atomic E-state index is 12.7. The number of hydrogen-bond donors (Lipinski definition) is 1. The van der Waals surface area contributed by atoms with Gasteiger partial charge in [0.05, 0.1) is 25.5 Å². The minimum atomic E-state index is -0.249. The first kappa shape index (κ1) is 20.2. The number of hydrogen-bond acceptors (Lipinski definition) is 5. The largest absolute Gasteiger partial charge is 0.459 e. The van der Waals surface area contributed by atoms with Crippen molar-refractivity contribution in [2.75, 3.05) is 31.6 Å². The van der Waals surface area contributed by atoms with E-state index < -0.39 is 0 Å². The fraction of sp³-hybridized carbons (Fsp3) is 0.318. The van der Waals surface area contributed by atoms with Gasteiger partial charge in [-0.3, -0.25) is 9.69 Å². The highest BCUT2D eigenvalue weighted by Crippen LogP contribution is 2.41. The molecule has 1 aliphatic heterocycles. The smallest absolute Gasteiger partial charge is 0.291 e. The third-order valence-corrected chi connectivity index (χ3v) is 6.59. The van der Waals surface area contributed by atoms with Gasteiger partial charge >= 0.3 is 0 Å². The lowest BCUT2D eigenvalue weighted by molar-refractivity contribution is 0.0241. The van der Waals surface area contributed by atoms with Gasteiger partial charge in [0.1, 0.15) is 5.00 Å². The van der Waals surface area contributed by atoms with Crippen LogP contribution in [0.1, 0.15) is 39.5 Å². The van der Waals surface area contributed by atoms with Gasteiger partial charge in [-0.15, -0.1) is 11.3 Å². The molecule has 0 saturated carbocycles. The van der Waals surface area contributed by atoms with Gasteiger partial charge < -0.3 is 14.5 Å². The first-order chi connectivity index (χ1) is 14.2. The number of ether oxygens (including phenoxy) is 1. The molecule has 0 unspecified atom stereocenters. The summed E-state index contributed by atoms with van der Waals surface area (Å²) < 4.78 is 10.8. The molecule has 2 aromatic heterocycles. The molecule has 3 heterocycles. The van der Waals surface area contributed by atoms with E-state index in [4.69, 9.17) is 20.8 Å². The van der Waals surface area contributed by atoms with Crippen LogP contribution in [0.5, 0.6) is 0 Å². The normalized spacial score (nSPS) is 15.9. The second-order valence-electron chi connectivity index (χ2n) is 6.85. The number of halogens is 1. The minimum Gasteiger partial charge on any atom is -0.459 e. The number of nitrogens with one attached hydrogen (secondary N) is 1. The Labute approximate surface area is 179 Å². The first-order valence-corrected chi connectivity index (χ1v) is 10.9. The van der Waals surface area contributed by atoms with Gasteiger partial charge in [-0.2, -0.15) is 0 Å². The number of nitrogens with zero attached hydrogens (tertiary/aromatic N) is 1. The summed E-state index contributed by atoms with van der Waals surface area (Å²) in [4.78, 5) is 16.2. The van der Waals surface area contributed by atoms with Crippen molar-refractivity contribution in [2.45, 2.75) is 19.4 Å². The van der Waals surface area contributed by atoms with E-state index >= 15 is 0 Å². The lowest BCUT2D eigenvalue weighted by atomic mass is 9.97. The highest BCUT2D eigenvalue weighted by atomic mass is 35.5. The summed E-state index contributed by atoms with van der Waals surface area (Å²) in [5, 5.41) is 4.61. The zero-order chi connectivity index (χ0) is 20.2. The number of carbonyl (C=O) groups is 1. The van der Waals surface area contributed by atoms with Crippen molar-refractivity contribution in [1.29, 1.82) is 0 Å². The van der Waals surface area contributed by atoms with E-state index in [1.54, 1.807) is 23.5 Å². The van der Waals surface area contributed by atoms with Crippen LogP contribution >= 0.6 is 22.9 Å². The van der Waals surface area contributed by atoms with Gasteiger partial charge in [0.25, 0.3) is 5.91 Å². The van der Waals surface area contributed by atoms with E-state index in [-0.39, 0.29) is 11.9 Å². The molecule has 1 atom stereocenters. The molecule has 0 aliphatic carbocycles. The Bertz CT molecular complexity index is 964. The molecule has 1 fully saturated rings. The molecule has 0 bridgehead atoms. The maximum absolute atomic E-state index is 12.7. The van der Waals surface area contributed by atoms with Crippen molar-refractivity contribution in [3.05, 3.63) is 75.5 Å². The molecule has 1 aliphatic rings. The summed E-state index contributed by atoms with van der Waals surface area (Å²) in [7, 11) is 0. The van der Waals surface area contributed by atoms with Gasteiger partial charge in [-0.1, -0.05) is 36.7 Å². The number of morpholine rings is 1. The van der Waals surface area contributed by atoms with Crippen LogP contribution in [0.3, 0.4) is 0 Å². The third kappa shape index (κ3) is 4.41. The highest BCUT2D eigenvalue weighted by Gasteiger charge is 2.30. The fourth-order valence-corrected chi connectivity index (χ4v) is 4.86. The summed E-state index contributed by atoms with van der Waals surface area (Å²) in [6.07, 6.45) is 2.40. The minimum absolute atomic E-state index is 0.0592. The van der Waals surface area contributed by atoms with Crippen LogP contribution in [0, 0.1) is 0 Å². The van der Waals surface area contributed by atoms with Crippen LogP contribution in [0.25, 0.3) is 0 Å². The molecule has 1 N–H and O–H groups in total. The number of rotatable bonds is 6. The molecular weight excluding hydrogens is 408 g/mol. The summed E-state index contributed by atoms with van der Waals surface area (Å²) in [5.41, 5.74) is 2.09. The van der Waals surface area contributed by atoms with Crippen molar-refractivity contribution in [3.63, 3.8) is 0 Å². The van der Waals surface area contributed by atoms with Crippen molar-refractivity contribution in [3.8, 4) is 0 Å². The predicted molar refractivity (Wildman–Crippen MR) is 116 cm³/mol. The number of furan rings is 1. The Morgan fingerprint density at radius 2 is 2.00 bits per heavy atom. The number of benzene rings is 1. The Kier molecular flexibility index (Phi) is 6.35. The van der Waals surface area contributed by atoms with Gasteiger partial charge in [-0.25, -0.2) is 0 Å². The Hall–Kier alpha value is -2.12. The Morgan fingerprint density at radius 1 is 1.21 bits per heavy atom. The van der Waals surface area contributed by atoms with Crippen LogP contribution < -0.4 is 5.32 Å². The average molecular weight is 431 g/mol. The quantitative estimate of drug-likeness (QED) is 0.581. The van der Waals surface area contributed by atoms with E-state index in [2.05, 4.69) is 29.3 Å². The molecule has 29 heavy (non-hydrogen) atoms. The molecule has 7 heteroatoms. The molecule has 4 rings (SSSR count). The van der Waals surface area contributed by atoms with Crippen LogP contribution in [0.4, 0.5) is 5.00 Å². The Morgan fingerprint density at radius 3 is 2.69 bits per heavy atom. The molecule has 3 aromatic rings. The van der Waals surface area contributed by atoms with Crippen molar-refractivity contribution in [2.24, 2.45) is 0 Å². The van der Waals surface area contributed by atoms with E-state index in [1.165, 1.54) is 11.1 Å². The lowest BCUT2D eigenvalue weighted by Gasteiger charge is -2.35. The number of aryl methyl sites for hydroxylation is 1. The lowest BCUT2D eigenvalue weighted by Crippen LogP contribution is -2.39. The Balaban J connectivity index is 1.76. The molecule has 5 nitrogen and oxygen atoms in total. The van der Waals surface area contributed by atoms with Crippen LogP contribution in [-0.2, 0) is 11.2 Å². The topological polar surface area (TPSA) is 54.7 Å². The maximum Gasteiger partial charge on any atom is 0.291 e. The van der Waals surface area contributed by atoms with Gasteiger partial charge in [0.2, 0.25) is 0 Å². The molecule has 0 spiro atoms. The molecule has 0 radical (unpaired) electrons.